The van der Waals surface area contributed by atoms with Gasteiger partial charge in [-0.3, -0.25) is 4.98 Å². The summed E-state index contributed by atoms with van der Waals surface area (Å²) in [5.41, 5.74) is 0.264. The summed E-state index contributed by atoms with van der Waals surface area (Å²) in [5, 5.41) is 0. The Balaban J connectivity index is 2.11. The number of rotatable bonds is 4. The molecule has 0 saturated heterocycles. The number of hydrogen-bond donors (Lipinski definition) is 0. The Morgan fingerprint density at radius 2 is 1.68 bits per heavy atom. The predicted molar refractivity (Wildman–Crippen MR) is 108 cm³/mol. The van der Waals surface area contributed by atoms with E-state index >= 15 is 0 Å². The molecule has 0 bridgehead atoms. The van der Waals surface area contributed by atoms with E-state index in [4.69, 9.17) is 6.85 Å². The summed E-state index contributed by atoms with van der Waals surface area (Å²) in [6, 6.07) is 15.1. The van der Waals surface area contributed by atoms with E-state index in [-0.39, 0.29) is 11.1 Å². The first kappa shape index (κ1) is 14.4. The van der Waals surface area contributed by atoms with E-state index in [0.717, 1.165) is 20.0 Å². The lowest BCUT2D eigenvalue weighted by atomic mass is 9.85. The third kappa shape index (κ3) is 4.11. The van der Waals surface area contributed by atoms with Gasteiger partial charge in [-0.2, -0.15) is 13.2 Å². The van der Waals surface area contributed by atoms with E-state index in [1.54, 1.807) is 43.3 Å². The molecule has 0 N–H and O–H groups in total. The number of aromatic nitrogens is 1. The Morgan fingerprint density at radius 1 is 0.964 bits per heavy atom. The highest BCUT2D eigenvalue weighted by atomic mass is 19.4. The van der Waals surface area contributed by atoms with Gasteiger partial charge in [0.25, 0.3) is 0 Å². The summed E-state index contributed by atoms with van der Waals surface area (Å²) in [4.78, 5) is 4.25. The van der Waals surface area contributed by atoms with Crippen molar-refractivity contribution in [1.82, 2.24) is 4.98 Å². The van der Waals surface area contributed by atoms with Crippen LogP contribution in [0.2, 0.25) is 0 Å². The average molecular weight is 388 g/mol. The quantitative estimate of drug-likeness (QED) is 0.462. The molecule has 0 aliphatic heterocycles. The molecule has 0 spiro atoms. The van der Waals surface area contributed by atoms with E-state index < -0.39 is 24.8 Å². The minimum atomic E-state index is -4.75. The third-order valence-corrected chi connectivity index (χ3v) is 4.65. The largest absolute Gasteiger partial charge is 0.394 e. The van der Waals surface area contributed by atoms with Crippen molar-refractivity contribution in [3.05, 3.63) is 77.5 Å². The summed E-state index contributed by atoms with van der Waals surface area (Å²) in [5.74, 6) is 0. The van der Waals surface area contributed by atoms with E-state index in [9.17, 15) is 13.2 Å². The standard InChI is InChI=1S/C24H24F3N/c1-16-12-17(2)21(13-20(16)19-8-6-5-7-9-19)22-11-10-18(15-28-22)14-23(3,4)24(25,26)27/h5-13,15H,14H2,1-4H3/i1D3,14D2. The maximum Gasteiger partial charge on any atom is 0.394 e. The van der Waals surface area contributed by atoms with Crippen LogP contribution in [0.3, 0.4) is 0 Å². The number of benzene rings is 2. The van der Waals surface area contributed by atoms with E-state index in [0.29, 0.717) is 27.9 Å². The maximum atomic E-state index is 13.4. The number of aryl methyl sites for hydroxylation is 2. The lowest BCUT2D eigenvalue weighted by Crippen LogP contribution is -2.34. The van der Waals surface area contributed by atoms with E-state index in [1.165, 1.54) is 12.1 Å². The summed E-state index contributed by atoms with van der Waals surface area (Å²) >= 11 is 0. The van der Waals surface area contributed by atoms with Gasteiger partial charge >= 0.3 is 6.18 Å². The van der Waals surface area contributed by atoms with Crippen LogP contribution in [0.1, 0.15) is 37.4 Å². The first-order valence-corrected chi connectivity index (χ1v) is 8.81. The van der Waals surface area contributed by atoms with Crippen LogP contribution in [0.25, 0.3) is 22.4 Å². The minimum Gasteiger partial charge on any atom is -0.256 e. The topological polar surface area (TPSA) is 12.9 Å². The zero-order valence-electron chi connectivity index (χ0n) is 20.9. The maximum absolute atomic E-state index is 13.4. The van der Waals surface area contributed by atoms with Crippen LogP contribution in [0.15, 0.2) is 60.8 Å². The second kappa shape index (κ2) is 7.42. The van der Waals surface area contributed by atoms with Gasteiger partial charge in [0.1, 0.15) is 0 Å². The van der Waals surface area contributed by atoms with Gasteiger partial charge in [0.2, 0.25) is 0 Å². The fourth-order valence-corrected chi connectivity index (χ4v) is 2.90. The highest BCUT2D eigenvalue weighted by Gasteiger charge is 2.46. The molecule has 3 aromatic rings. The molecule has 4 heteroatoms. The first-order valence-electron chi connectivity index (χ1n) is 11.3. The molecule has 0 atom stereocenters. The van der Waals surface area contributed by atoms with Crippen LogP contribution in [-0.2, 0) is 6.37 Å². The smallest absolute Gasteiger partial charge is 0.256 e. The number of nitrogens with zero attached hydrogens (tertiary/aromatic N) is 1. The summed E-state index contributed by atoms with van der Waals surface area (Å²) in [6.45, 7) is 1.04. The number of halogens is 3. The Hall–Kier alpha value is -2.62. The molecule has 0 radical (unpaired) electrons. The first-order chi connectivity index (χ1) is 15.1. The van der Waals surface area contributed by atoms with Gasteiger partial charge < -0.3 is 0 Å². The van der Waals surface area contributed by atoms with Crippen molar-refractivity contribution in [2.45, 2.75) is 40.2 Å². The summed E-state index contributed by atoms with van der Waals surface area (Å²) < 4.78 is 80.4. The fourth-order valence-electron chi connectivity index (χ4n) is 2.90. The monoisotopic (exact) mass is 388 g/mol. The number of pyridine rings is 1. The van der Waals surface area contributed by atoms with Crippen LogP contribution < -0.4 is 0 Å². The molecule has 146 valence electrons. The molecule has 28 heavy (non-hydrogen) atoms. The Bertz CT molecular complexity index is 1140. The SMILES string of the molecule is [2H]C([2H])([2H])c1cc(C)c(-c2ccc(C([2H])([2H])C(C)(C)C(F)(F)F)cn2)cc1-c1ccccc1. The molecule has 1 nitrogen and oxygen atoms in total. The Morgan fingerprint density at radius 3 is 2.25 bits per heavy atom. The van der Waals surface area contributed by atoms with Crippen LogP contribution in [0.4, 0.5) is 13.2 Å². The molecule has 2 aromatic carbocycles. The Kier molecular flexibility index (Phi) is 3.81. The molecule has 0 aliphatic carbocycles. The molecule has 0 unspecified atom stereocenters. The summed E-state index contributed by atoms with van der Waals surface area (Å²) in [6.07, 6.45) is -6.34. The number of hydrogen-bond acceptors (Lipinski definition) is 1. The zero-order chi connectivity index (χ0) is 24.8. The van der Waals surface area contributed by atoms with Crippen LogP contribution in [0.5, 0.6) is 0 Å². The van der Waals surface area contributed by atoms with E-state index in [1.807, 2.05) is 6.07 Å². The lowest BCUT2D eigenvalue weighted by Gasteiger charge is -2.27. The normalized spacial score (nSPS) is 15.9. The van der Waals surface area contributed by atoms with Gasteiger partial charge in [-0.15, -0.1) is 0 Å². The summed E-state index contributed by atoms with van der Waals surface area (Å²) in [7, 11) is 0. The molecule has 0 saturated carbocycles. The molecule has 0 fully saturated rings. The predicted octanol–water partition coefficient (Wildman–Crippen LogP) is 7.16. The van der Waals surface area contributed by atoms with Gasteiger partial charge in [-0.25, -0.2) is 0 Å². The second-order valence-electron chi connectivity index (χ2n) is 7.26. The van der Waals surface area contributed by atoms with Crippen molar-refractivity contribution in [3.8, 4) is 22.4 Å². The van der Waals surface area contributed by atoms with Gasteiger partial charge in [0.05, 0.1) is 11.1 Å². The van der Waals surface area contributed by atoms with Gasteiger partial charge in [0, 0.05) is 18.6 Å². The van der Waals surface area contributed by atoms with Gasteiger partial charge in [0.15, 0.2) is 0 Å². The van der Waals surface area contributed by atoms with Crippen molar-refractivity contribution >= 4 is 0 Å². The van der Waals surface area contributed by atoms with Crippen molar-refractivity contribution in [3.63, 3.8) is 0 Å². The van der Waals surface area contributed by atoms with Crippen LogP contribution in [-0.4, -0.2) is 11.2 Å². The molecular weight excluding hydrogens is 359 g/mol. The Labute approximate surface area is 171 Å². The second-order valence-corrected chi connectivity index (χ2v) is 7.26. The molecule has 1 heterocycles. The van der Waals surface area contributed by atoms with Crippen LogP contribution >= 0.6 is 0 Å². The van der Waals surface area contributed by atoms with Crippen molar-refractivity contribution in [2.75, 3.05) is 0 Å². The van der Waals surface area contributed by atoms with Crippen molar-refractivity contribution in [1.29, 1.82) is 0 Å². The average Bonchev–Trinajstić information content (AvgIpc) is 2.72. The number of alkyl halides is 3. The van der Waals surface area contributed by atoms with Crippen LogP contribution in [0, 0.1) is 19.2 Å². The fraction of sp³-hybridized carbons (Fsp3) is 0.292. The van der Waals surface area contributed by atoms with Gasteiger partial charge in [-0.1, -0.05) is 56.3 Å². The zero-order valence-corrected chi connectivity index (χ0v) is 15.9. The highest BCUT2D eigenvalue weighted by molar-refractivity contribution is 5.76. The highest BCUT2D eigenvalue weighted by Crippen LogP contribution is 2.40. The minimum absolute atomic E-state index is 0.186. The van der Waals surface area contributed by atoms with E-state index in [2.05, 4.69) is 4.98 Å². The third-order valence-electron chi connectivity index (χ3n) is 4.65. The van der Waals surface area contributed by atoms with Crippen molar-refractivity contribution < 1.29 is 20.0 Å². The van der Waals surface area contributed by atoms with Crippen molar-refractivity contribution in [2.24, 2.45) is 5.41 Å². The lowest BCUT2D eigenvalue weighted by molar-refractivity contribution is -0.211. The molecule has 1 aromatic heterocycles. The molecule has 0 aliphatic rings. The molecule has 3 rings (SSSR count). The van der Waals surface area contributed by atoms with Gasteiger partial charge in [-0.05, 0) is 60.1 Å². The molecule has 0 amide bonds. The molecular formula is C24H24F3N.